The summed E-state index contributed by atoms with van der Waals surface area (Å²) in [7, 11) is 5.90. The van der Waals surface area contributed by atoms with Crippen LogP contribution in [0.2, 0.25) is 0 Å². The molecule has 0 aliphatic rings. The summed E-state index contributed by atoms with van der Waals surface area (Å²) in [5.41, 5.74) is 8.97. The number of nitrogens with one attached hydrogen (secondary N) is 2. The van der Waals surface area contributed by atoms with Gasteiger partial charge in [0.05, 0.1) is 17.6 Å². The van der Waals surface area contributed by atoms with Crippen LogP contribution >= 0.6 is 11.8 Å². The van der Waals surface area contributed by atoms with Crippen molar-refractivity contribution in [3.8, 4) is 0 Å². The highest BCUT2D eigenvalue weighted by Crippen LogP contribution is 2.18. The molecule has 0 amide bonds. The fourth-order valence-electron chi connectivity index (χ4n) is 2.56. The highest BCUT2D eigenvalue weighted by Gasteiger charge is 2.06. The molecule has 0 aliphatic heterocycles. The van der Waals surface area contributed by atoms with E-state index in [1.54, 1.807) is 4.68 Å². The molecule has 2 heterocycles. The second kappa shape index (κ2) is 7.75. The lowest BCUT2D eigenvalue weighted by Crippen LogP contribution is -2.11. The number of imidazole rings is 1. The lowest BCUT2D eigenvalue weighted by molar-refractivity contribution is 0.392. The molecule has 3 aromatic rings. The van der Waals surface area contributed by atoms with Crippen molar-refractivity contribution in [2.75, 3.05) is 37.4 Å². The number of benzene rings is 1. The van der Waals surface area contributed by atoms with Gasteiger partial charge in [0.1, 0.15) is 5.82 Å². The van der Waals surface area contributed by atoms with E-state index >= 15 is 0 Å². The van der Waals surface area contributed by atoms with E-state index in [0.717, 1.165) is 41.5 Å². The average Bonchev–Trinajstić information content (AvgIpc) is 3.07. The largest absolute Gasteiger partial charge is 0.366 e. The van der Waals surface area contributed by atoms with Crippen LogP contribution in [0, 0.1) is 0 Å². The quantitative estimate of drug-likeness (QED) is 0.525. The maximum Gasteiger partial charge on any atom is 0.241 e. The van der Waals surface area contributed by atoms with Crippen LogP contribution in [0.1, 0.15) is 11.4 Å². The fraction of sp³-hybridized carbons (Fsp3) is 0.438. The number of aromatic amines is 1. The predicted octanol–water partition coefficient (Wildman–Crippen LogP) is 1.68. The summed E-state index contributed by atoms with van der Waals surface area (Å²) in [6, 6.07) is 6.42. The first-order valence-electron chi connectivity index (χ1n) is 8.11. The van der Waals surface area contributed by atoms with Crippen LogP contribution in [0.25, 0.3) is 11.0 Å². The molecule has 1 aromatic carbocycles. The topological polar surface area (TPSA) is 101 Å². The van der Waals surface area contributed by atoms with Gasteiger partial charge in [0, 0.05) is 25.1 Å². The number of nitrogens with zero attached hydrogens (tertiary/aromatic N) is 5. The molecule has 0 unspecified atom stereocenters. The van der Waals surface area contributed by atoms with Crippen molar-refractivity contribution >= 4 is 34.7 Å². The fourth-order valence-corrected chi connectivity index (χ4v) is 3.36. The summed E-state index contributed by atoms with van der Waals surface area (Å²) < 4.78 is 1.65. The standard InChI is InChI=1S/C16H24N8S/c1-23(2)9-14-19-12-5-4-11(8-13(12)20-14)10-25-7-6-18-16-21-15(17)22-24(16)3/h4-5,8H,6-7,9-10H2,1-3H3,(H,19,20)(H3,17,18,21,22). The van der Waals surface area contributed by atoms with E-state index in [2.05, 4.69) is 48.5 Å². The Labute approximate surface area is 151 Å². The lowest BCUT2D eigenvalue weighted by atomic mass is 10.2. The van der Waals surface area contributed by atoms with Gasteiger partial charge in [0.25, 0.3) is 0 Å². The van der Waals surface area contributed by atoms with E-state index in [4.69, 9.17) is 5.73 Å². The Balaban J connectivity index is 1.48. The molecule has 0 aliphatic carbocycles. The Morgan fingerprint density at radius 1 is 1.32 bits per heavy atom. The van der Waals surface area contributed by atoms with Gasteiger partial charge in [-0.2, -0.15) is 16.7 Å². The number of fused-ring (bicyclic) bond motifs is 1. The lowest BCUT2D eigenvalue weighted by Gasteiger charge is -2.05. The summed E-state index contributed by atoms with van der Waals surface area (Å²) in [5.74, 6) is 3.92. The third-order valence-electron chi connectivity index (χ3n) is 3.64. The molecule has 4 N–H and O–H groups in total. The number of aryl methyl sites for hydroxylation is 1. The van der Waals surface area contributed by atoms with Crippen LogP contribution in [-0.4, -0.2) is 56.0 Å². The molecule has 25 heavy (non-hydrogen) atoms. The number of nitrogen functional groups attached to an aromatic ring is 1. The van der Waals surface area contributed by atoms with Crippen LogP contribution in [0.4, 0.5) is 11.9 Å². The van der Waals surface area contributed by atoms with Gasteiger partial charge in [-0.05, 0) is 31.8 Å². The number of nitrogens with two attached hydrogens (primary N) is 1. The van der Waals surface area contributed by atoms with Gasteiger partial charge in [0.2, 0.25) is 11.9 Å². The van der Waals surface area contributed by atoms with Gasteiger partial charge in [-0.1, -0.05) is 6.07 Å². The second-order valence-corrected chi connectivity index (χ2v) is 7.27. The van der Waals surface area contributed by atoms with Crippen molar-refractivity contribution in [3.63, 3.8) is 0 Å². The number of H-pyrrole nitrogens is 1. The van der Waals surface area contributed by atoms with Gasteiger partial charge < -0.3 is 20.9 Å². The van der Waals surface area contributed by atoms with Crippen molar-refractivity contribution in [1.29, 1.82) is 0 Å². The molecule has 0 radical (unpaired) electrons. The van der Waals surface area contributed by atoms with Gasteiger partial charge >= 0.3 is 0 Å². The molecular formula is C16H24N8S. The maximum atomic E-state index is 5.56. The monoisotopic (exact) mass is 360 g/mol. The summed E-state index contributed by atoms with van der Waals surface area (Å²) in [5, 5.41) is 7.25. The first-order valence-corrected chi connectivity index (χ1v) is 9.27. The zero-order chi connectivity index (χ0) is 17.8. The highest BCUT2D eigenvalue weighted by molar-refractivity contribution is 7.98. The molecule has 134 valence electrons. The highest BCUT2D eigenvalue weighted by atomic mass is 32.2. The zero-order valence-electron chi connectivity index (χ0n) is 14.8. The third kappa shape index (κ3) is 4.64. The zero-order valence-corrected chi connectivity index (χ0v) is 15.6. The Morgan fingerprint density at radius 2 is 2.16 bits per heavy atom. The number of hydrogen-bond donors (Lipinski definition) is 3. The van der Waals surface area contributed by atoms with E-state index in [1.807, 2.05) is 32.9 Å². The molecular weight excluding hydrogens is 336 g/mol. The molecule has 0 fully saturated rings. The van der Waals surface area contributed by atoms with E-state index in [1.165, 1.54) is 5.56 Å². The smallest absolute Gasteiger partial charge is 0.241 e. The number of aromatic nitrogens is 5. The van der Waals surface area contributed by atoms with Crippen LogP contribution in [-0.2, 0) is 19.3 Å². The third-order valence-corrected chi connectivity index (χ3v) is 4.67. The summed E-state index contributed by atoms with van der Waals surface area (Å²) in [4.78, 5) is 14.2. The molecule has 3 rings (SSSR count). The number of hydrogen-bond acceptors (Lipinski definition) is 7. The Kier molecular flexibility index (Phi) is 5.44. The summed E-state index contributed by atoms with van der Waals surface area (Å²) in [6.45, 7) is 1.63. The molecule has 0 saturated heterocycles. The number of thioether (sulfide) groups is 1. The Hall–Kier alpha value is -2.26. The van der Waals surface area contributed by atoms with Crippen LogP contribution in [0.15, 0.2) is 18.2 Å². The van der Waals surface area contributed by atoms with Gasteiger partial charge in [-0.25, -0.2) is 9.67 Å². The maximum absolute atomic E-state index is 5.56. The van der Waals surface area contributed by atoms with Gasteiger partial charge in [-0.3, -0.25) is 0 Å². The first kappa shape index (κ1) is 17.6. The van der Waals surface area contributed by atoms with Crippen molar-refractivity contribution < 1.29 is 0 Å². The molecule has 2 aromatic heterocycles. The minimum absolute atomic E-state index is 0.291. The van der Waals surface area contributed by atoms with E-state index in [-0.39, 0.29) is 0 Å². The molecule has 9 heteroatoms. The van der Waals surface area contributed by atoms with Crippen LogP contribution in [0.3, 0.4) is 0 Å². The minimum atomic E-state index is 0.291. The summed E-state index contributed by atoms with van der Waals surface area (Å²) >= 11 is 1.87. The number of rotatable bonds is 8. The predicted molar refractivity (Wildman–Crippen MR) is 104 cm³/mol. The second-order valence-electron chi connectivity index (χ2n) is 6.17. The van der Waals surface area contributed by atoms with E-state index < -0.39 is 0 Å². The van der Waals surface area contributed by atoms with Gasteiger partial charge in [0.15, 0.2) is 0 Å². The molecule has 8 nitrogen and oxygen atoms in total. The Morgan fingerprint density at radius 3 is 2.88 bits per heavy atom. The van der Waals surface area contributed by atoms with Crippen molar-refractivity contribution in [2.24, 2.45) is 7.05 Å². The number of anilines is 2. The van der Waals surface area contributed by atoms with Crippen molar-refractivity contribution in [1.82, 2.24) is 29.6 Å². The average molecular weight is 360 g/mol. The molecule has 0 saturated carbocycles. The van der Waals surface area contributed by atoms with E-state index in [9.17, 15) is 0 Å². The minimum Gasteiger partial charge on any atom is -0.366 e. The Bertz CT molecular complexity index is 838. The van der Waals surface area contributed by atoms with Crippen molar-refractivity contribution in [2.45, 2.75) is 12.3 Å². The molecule has 0 bridgehead atoms. The summed E-state index contributed by atoms with van der Waals surface area (Å²) in [6.07, 6.45) is 0. The normalized spacial score (nSPS) is 11.5. The molecule has 0 spiro atoms. The SMILES string of the molecule is CN(C)Cc1nc2ccc(CSCCNc3nc(N)nn3C)cc2[nH]1. The van der Waals surface area contributed by atoms with Gasteiger partial charge in [-0.15, -0.1) is 5.10 Å². The first-order chi connectivity index (χ1) is 12.0. The molecule has 0 atom stereocenters. The van der Waals surface area contributed by atoms with Crippen LogP contribution < -0.4 is 11.1 Å². The van der Waals surface area contributed by atoms with Crippen LogP contribution in [0.5, 0.6) is 0 Å². The van der Waals surface area contributed by atoms with E-state index in [0.29, 0.717) is 11.9 Å². The van der Waals surface area contributed by atoms with Crippen molar-refractivity contribution in [3.05, 3.63) is 29.6 Å².